The predicted molar refractivity (Wildman–Crippen MR) is 70.2 cm³/mol. The molecule has 0 radical (unpaired) electrons. The number of ether oxygens (including phenoxy) is 1. The molecule has 1 aliphatic rings. The quantitative estimate of drug-likeness (QED) is 0.722. The van der Waals surface area contributed by atoms with E-state index in [4.69, 9.17) is 4.74 Å². The summed E-state index contributed by atoms with van der Waals surface area (Å²) in [7, 11) is 0. The molecule has 0 N–H and O–H groups in total. The second kappa shape index (κ2) is 5.12. The number of ketones is 1. The van der Waals surface area contributed by atoms with Crippen LogP contribution in [0, 0.1) is 5.82 Å². The number of fused-ring (bicyclic) bond motifs is 1. The molecule has 1 aliphatic heterocycles. The minimum Gasteiger partial charge on any atom is -0.484 e. The van der Waals surface area contributed by atoms with Crippen LogP contribution in [0.3, 0.4) is 0 Å². The van der Waals surface area contributed by atoms with Gasteiger partial charge in [0.1, 0.15) is 17.7 Å². The van der Waals surface area contributed by atoms with Gasteiger partial charge in [0.05, 0.1) is 17.5 Å². The molecule has 0 aliphatic carbocycles. The number of rotatable bonds is 1. The molecule has 1 heterocycles. The Kier molecular flexibility index (Phi) is 3.39. The van der Waals surface area contributed by atoms with Gasteiger partial charge in [-0.2, -0.15) is 13.2 Å². The minimum atomic E-state index is -4.41. The van der Waals surface area contributed by atoms with E-state index in [9.17, 15) is 22.4 Å². The number of alkyl halides is 3. The summed E-state index contributed by atoms with van der Waals surface area (Å²) in [5.41, 5.74) is -0.139. The van der Waals surface area contributed by atoms with Gasteiger partial charge in [-0.05, 0) is 35.9 Å². The SMILES string of the molecule is O=C1CC(c2ccc(C(F)(F)F)cc2)Oc2ccc(F)cc21. The highest BCUT2D eigenvalue weighted by Crippen LogP contribution is 2.36. The summed E-state index contributed by atoms with van der Waals surface area (Å²) in [4.78, 5) is 12.0. The zero-order chi connectivity index (χ0) is 15.9. The van der Waals surface area contributed by atoms with Gasteiger partial charge in [-0.25, -0.2) is 4.39 Å². The molecule has 0 spiro atoms. The summed E-state index contributed by atoms with van der Waals surface area (Å²) < 4.78 is 56.3. The lowest BCUT2D eigenvalue weighted by molar-refractivity contribution is -0.137. The lowest BCUT2D eigenvalue weighted by Gasteiger charge is -2.25. The molecule has 0 aromatic heterocycles. The smallest absolute Gasteiger partial charge is 0.416 e. The standard InChI is InChI=1S/C16H10F4O2/c17-11-5-6-14-12(7-11)13(21)8-15(22-14)9-1-3-10(4-2-9)16(18,19)20/h1-7,15H,8H2. The first kappa shape index (κ1) is 14.6. The summed E-state index contributed by atoms with van der Waals surface area (Å²) in [6.45, 7) is 0. The van der Waals surface area contributed by atoms with E-state index in [0.717, 1.165) is 18.2 Å². The molecule has 2 aromatic rings. The average molecular weight is 310 g/mol. The van der Waals surface area contributed by atoms with Crippen molar-refractivity contribution in [1.29, 1.82) is 0 Å². The fraction of sp³-hybridized carbons (Fsp3) is 0.188. The number of Topliss-reactive ketones (excluding diaryl/α,β-unsaturated/α-hetero) is 1. The van der Waals surface area contributed by atoms with E-state index >= 15 is 0 Å². The number of hydrogen-bond acceptors (Lipinski definition) is 2. The van der Waals surface area contributed by atoms with Crippen LogP contribution >= 0.6 is 0 Å². The maximum absolute atomic E-state index is 13.1. The third kappa shape index (κ3) is 2.68. The summed E-state index contributed by atoms with van der Waals surface area (Å²) >= 11 is 0. The molecule has 0 saturated carbocycles. The Hall–Kier alpha value is -2.37. The molecule has 22 heavy (non-hydrogen) atoms. The highest BCUT2D eigenvalue weighted by Gasteiger charge is 2.32. The normalized spacial score (nSPS) is 17.8. The fourth-order valence-electron chi connectivity index (χ4n) is 2.37. The van der Waals surface area contributed by atoms with Crippen molar-refractivity contribution in [1.82, 2.24) is 0 Å². The molecule has 0 amide bonds. The largest absolute Gasteiger partial charge is 0.484 e. The Balaban J connectivity index is 1.88. The molecule has 2 aromatic carbocycles. The van der Waals surface area contributed by atoms with Crippen LogP contribution in [0.5, 0.6) is 5.75 Å². The Morgan fingerprint density at radius 1 is 1.05 bits per heavy atom. The van der Waals surface area contributed by atoms with Crippen LogP contribution in [-0.4, -0.2) is 5.78 Å². The third-order valence-corrected chi connectivity index (χ3v) is 3.49. The second-order valence-electron chi connectivity index (χ2n) is 4.99. The second-order valence-corrected chi connectivity index (χ2v) is 4.99. The zero-order valence-electron chi connectivity index (χ0n) is 11.2. The van der Waals surface area contributed by atoms with Gasteiger partial charge in [0.2, 0.25) is 0 Å². The lowest BCUT2D eigenvalue weighted by Crippen LogP contribution is -2.20. The molecule has 3 rings (SSSR count). The van der Waals surface area contributed by atoms with Crippen LogP contribution in [-0.2, 0) is 6.18 Å². The van der Waals surface area contributed by atoms with Crippen LogP contribution in [0.25, 0.3) is 0 Å². The first-order valence-electron chi connectivity index (χ1n) is 6.51. The van der Waals surface area contributed by atoms with Crippen LogP contribution in [0.4, 0.5) is 17.6 Å². The minimum absolute atomic E-state index is 0.0399. The third-order valence-electron chi connectivity index (χ3n) is 3.49. The van der Waals surface area contributed by atoms with Crippen LogP contribution < -0.4 is 4.74 Å². The summed E-state index contributed by atoms with van der Waals surface area (Å²) in [5.74, 6) is -0.600. The van der Waals surface area contributed by atoms with Crippen molar-refractivity contribution in [2.24, 2.45) is 0 Å². The van der Waals surface area contributed by atoms with Crippen molar-refractivity contribution in [2.75, 3.05) is 0 Å². The summed E-state index contributed by atoms with van der Waals surface area (Å²) in [5, 5.41) is 0. The van der Waals surface area contributed by atoms with E-state index in [2.05, 4.69) is 0 Å². The van der Waals surface area contributed by atoms with Crippen molar-refractivity contribution in [3.8, 4) is 5.75 Å². The van der Waals surface area contributed by atoms with Crippen molar-refractivity contribution >= 4 is 5.78 Å². The molecule has 1 unspecified atom stereocenters. The molecule has 0 bridgehead atoms. The molecule has 0 saturated heterocycles. The van der Waals surface area contributed by atoms with Crippen LogP contribution in [0.2, 0.25) is 0 Å². The van der Waals surface area contributed by atoms with Gasteiger partial charge in [0.15, 0.2) is 5.78 Å². The number of benzene rings is 2. The Labute approximate surface area is 123 Å². The molecular formula is C16H10F4O2. The van der Waals surface area contributed by atoms with Gasteiger partial charge in [-0.1, -0.05) is 12.1 Å². The molecule has 0 fully saturated rings. The van der Waals surface area contributed by atoms with Gasteiger partial charge in [0.25, 0.3) is 0 Å². The maximum Gasteiger partial charge on any atom is 0.416 e. The fourth-order valence-corrected chi connectivity index (χ4v) is 2.37. The monoisotopic (exact) mass is 310 g/mol. The molecule has 2 nitrogen and oxygen atoms in total. The molecule has 6 heteroatoms. The summed E-state index contributed by atoms with van der Waals surface area (Å²) in [6, 6.07) is 8.08. The highest BCUT2D eigenvalue weighted by atomic mass is 19.4. The van der Waals surface area contributed by atoms with Gasteiger partial charge in [-0.15, -0.1) is 0 Å². The number of hydrogen-bond donors (Lipinski definition) is 0. The molecule has 1 atom stereocenters. The van der Waals surface area contributed by atoms with Gasteiger partial charge in [-0.3, -0.25) is 4.79 Å². The number of carbonyl (C=O) groups excluding carboxylic acids is 1. The Bertz CT molecular complexity index is 720. The van der Waals surface area contributed by atoms with Crippen molar-refractivity contribution in [2.45, 2.75) is 18.7 Å². The Morgan fingerprint density at radius 2 is 1.73 bits per heavy atom. The topological polar surface area (TPSA) is 26.3 Å². The van der Waals surface area contributed by atoms with Crippen LogP contribution in [0.1, 0.15) is 34.0 Å². The van der Waals surface area contributed by atoms with Crippen LogP contribution in [0.15, 0.2) is 42.5 Å². The van der Waals surface area contributed by atoms with Gasteiger partial charge >= 0.3 is 6.18 Å². The number of carbonyl (C=O) groups is 1. The maximum atomic E-state index is 13.1. The van der Waals surface area contributed by atoms with E-state index in [0.29, 0.717) is 5.56 Å². The lowest BCUT2D eigenvalue weighted by atomic mass is 9.95. The van der Waals surface area contributed by atoms with Crippen molar-refractivity contribution in [3.63, 3.8) is 0 Å². The van der Waals surface area contributed by atoms with Crippen molar-refractivity contribution in [3.05, 3.63) is 65.0 Å². The molecular weight excluding hydrogens is 300 g/mol. The van der Waals surface area contributed by atoms with Gasteiger partial charge < -0.3 is 4.74 Å². The van der Waals surface area contributed by atoms with E-state index in [1.54, 1.807) is 0 Å². The van der Waals surface area contributed by atoms with E-state index < -0.39 is 23.7 Å². The average Bonchev–Trinajstić information content (AvgIpc) is 2.47. The first-order valence-corrected chi connectivity index (χ1v) is 6.51. The zero-order valence-corrected chi connectivity index (χ0v) is 11.2. The number of halogens is 4. The van der Waals surface area contributed by atoms with E-state index in [1.807, 2.05) is 0 Å². The van der Waals surface area contributed by atoms with E-state index in [1.165, 1.54) is 24.3 Å². The van der Waals surface area contributed by atoms with Crippen molar-refractivity contribution < 1.29 is 27.1 Å². The predicted octanol–water partition coefficient (Wildman–Crippen LogP) is 4.55. The van der Waals surface area contributed by atoms with Gasteiger partial charge in [0, 0.05) is 0 Å². The highest BCUT2D eigenvalue weighted by molar-refractivity contribution is 6.00. The Morgan fingerprint density at radius 3 is 2.36 bits per heavy atom. The summed E-state index contributed by atoms with van der Waals surface area (Å²) in [6.07, 6.45) is -5.12. The van der Waals surface area contributed by atoms with E-state index in [-0.39, 0.29) is 23.5 Å². The molecule has 114 valence electrons. The first-order chi connectivity index (χ1) is 10.3.